The van der Waals surface area contributed by atoms with E-state index < -0.39 is 16.4 Å². The van der Waals surface area contributed by atoms with Crippen LogP contribution in [0.4, 0.5) is 5.69 Å². The molecule has 3 N–H and O–H groups in total. The van der Waals surface area contributed by atoms with Gasteiger partial charge in [-0.1, -0.05) is 30.3 Å². The predicted octanol–water partition coefficient (Wildman–Crippen LogP) is 2.08. The first-order valence-corrected chi connectivity index (χ1v) is 6.24. The number of nitro groups is 1. The second kappa shape index (κ2) is 5.72. The Morgan fingerprint density at radius 1 is 1.14 bits per heavy atom. The SMILES string of the molecule is NC(Cc1ccccc1)(C(=O)O)c1ccc([N+](=O)[O-])cc1. The highest BCUT2D eigenvalue weighted by molar-refractivity contribution is 5.81. The Kier molecular flexibility index (Phi) is 4.00. The van der Waals surface area contributed by atoms with Gasteiger partial charge in [-0.3, -0.25) is 10.1 Å². The Morgan fingerprint density at radius 2 is 1.71 bits per heavy atom. The molecule has 2 aromatic rings. The maximum absolute atomic E-state index is 11.6. The monoisotopic (exact) mass is 286 g/mol. The lowest BCUT2D eigenvalue weighted by molar-refractivity contribution is -0.384. The van der Waals surface area contributed by atoms with Crippen molar-refractivity contribution >= 4 is 11.7 Å². The van der Waals surface area contributed by atoms with E-state index in [0.29, 0.717) is 5.56 Å². The third kappa shape index (κ3) is 3.06. The maximum Gasteiger partial charge on any atom is 0.328 e. The van der Waals surface area contributed by atoms with Gasteiger partial charge in [-0.05, 0) is 23.3 Å². The summed E-state index contributed by atoms with van der Waals surface area (Å²) >= 11 is 0. The van der Waals surface area contributed by atoms with Crippen molar-refractivity contribution in [3.05, 3.63) is 75.8 Å². The van der Waals surface area contributed by atoms with Gasteiger partial charge in [0, 0.05) is 18.6 Å². The zero-order valence-electron chi connectivity index (χ0n) is 11.1. The third-order valence-corrected chi connectivity index (χ3v) is 3.30. The molecule has 6 nitrogen and oxygen atoms in total. The summed E-state index contributed by atoms with van der Waals surface area (Å²) < 4.78 is 0. The van der Waals surface area contributed by atoms with Crippen molar-refractivity contribution in [2.24, 2.45) is 5.73 Å². The highest BCUT2D eigenvalue weighted by Gasteiger charge is 2.36. The number of nitro benzene ring substituents is 1. The van der Waals surface area contributed by atoms with Crippen molar-refractivity contribution in [1.82, 2.24) is 0 Å². The van der Waals surface area contributed by atoms with Gasteiger partial charge in [0.25, 0.3) is 5.69 Å². The molecule has 0 saturated heterocycles. The van der Waals surface area contributed by atoms with Crippen molar-refractivity contribution in [1.29, 1.82) is 0 Å². The van der Waals surface area contributed by atoms with Crippen molar-refractivity contribution < 1.29 is 14.8 Å². The molecule has 0 heterocycles. The Labute approximate surface area is 121 Å². The van der Waals surface area contributed by atoms with Gasteiger partial charge >= 0.3 is 5.97 Å². The zero-order chi connectivity index (χ0) is 15.5. The fourth-order valence-electron chi connectivity index (χ4n) is 2.10. The Balaban J connectivity index is 2.37. The molecule has 0 amide bonds. The topological polar surface area (TPSA) is 106 Å². The fourth-order valence-corrected chi connectivity index (χ4v) is 2.10. The van der Waals surface area contributed by atoms with Crippen LogP contribution in [0, 0.1) is 10.1 Å². The normalized spacial score (nSPS) is 13.4. The minimum absolute atomic E-state index is 0.0982. The second-order valence-corrected chi connectivity index (χ2v) is 4.74. The molecule has 0 aliphatic heterocycles. The van der Waals surface area contributed by atoms with Crippen LogP contribution in [0.5, 0.6) is 0 Å². The van der Waals surface area contributed by atoms with Crippen LogP contribution in [0.1, 0.15) is 11.1 Å². The molecular weight excluding hydrogens is 272 g/mol. The standard InChI is InChI=1S/C15H14N2O4/c16-15(14(18)19,10-11-4-2-1-3-5-11)12-6-8-13(9-7-12)17(20)21/h1-9H,10,16H2,(H,18,19). The largest absolute Gasteiger partial charge is 0.480 e. The van der Waals surface area contributed by atoms with Crippen molar-refractivity contribution in [2.45, 2.75) is 12.0 Å². The summed E-state index contributed by atoms with van der Waals surface area (Å²) in [6.07, 6.45) is 0.0982. The molecule has 6 heteroatoms. The van der Waals surface area contributed by atoms with E-state index in [9.17, 15) is 20.0 Å². The molecule has 0 saturated carbocycles. The molecule has 0 fully saturated rings. The molecule has 2 rings (SSSR count). The van der Waals surface area contributed by atoms with Gasteiger partial charge in [-0.2, -0.15) is 0 Å². The summed E-state index contributed by atoms with van der Waals surface area (Å²) in [6.45, 7) is 0. The van der Waals surface area contributed by atoms with Crippen LogP contribution >= 0.6 is 0 Å². The van der Waals surface area contributed by atoms with Gasteiger partial charge in [0.15, 0.2) is 0 Å². The second-order valence-electron chi connectivity index (χ2n) is 4.74. The Morgan fingerprint density at radius 3 is 2.19 bits per heavy atom. The number of carboxylic acid groups (broad SMARTS) is 1. The van der Waals surface area contributed by atoms with E-state index in [0.717, 1.165) is 5.56 Å². The number of hydrogen-bond acceptors (Lipinski definition) is 4. The summed E-state index contributed by atoms with van der Waals surface area (Å²) in [5.74, 6) is -1.18. The molecule has 1 atom stereocenters. The average Bonchev–Trinajstić information content (AvgIpc) is 2.48. The summed E-state index contributed by atoms with van der Waals surface area (Å²) in [5.41, 5.74) is 5.42. The van der Waals surface area contributed by atoms with Crippen LogP contribution in [0.15, 0.2) is 54.6 Å². The molecule has 0 spiro atoms. The predicted molar refractivity (Wildman–Crippen MR) is 76.7 cm³/mol. The molecule has 2 aromatic carbocycles. The van der Waals surface area contributed by atoms with E-state index in [1.165, 1.54) is 24.3 Å². The smallest absolute Gasteiger partial charge is 0.328 e. The van der Waals surface area contributed by atoms with E-state index in [1.807, 2.05) is 6.07 Å². The van der Waals surface area contributed by atoms with Crippen molar-refractivity contribution in [3.63, 3.8) is 0 Å². The molecule has 21 heavy (non-hydrogen) atoms. The molecule has 1 unspecified atom stereocenters. The van der Waals surface area contributed by atoms with Crippen molar-refractivity contribution in [3.8, 4) is 0 Å². The van der Waals surface area contributed by atoms with E-state index in [-0.39, 0.29) is 12.1 Å². The van der Waals surface area contributed by atoms with Gasteiger partial charge in [0.05, 0.1) is 4.92 Å². The first kappa shape index (κ1) is 14.7. The lowest BCUT2D eigenvalue weighted by Crippen LogP contribution is -2.46. The van der Waals surface area contributed by atoms with Gasteiger partial charge in [0.1, 0.15) is 5.54 Å². The molecule has 0 aliphatic rings. The van der Waals surface area contributed by atoms with Crippen molar-refractivity contribution in [2.75, 3.05) is 0 Å². The fraction of sp³-hybridized carbons (Fsp3) is 0.133. The van der Waals surface area contributed by atoms with Gasteiger partial charge in [0.2, 0.25) is 0 Å². The quantitative estimate of drug-likeness (QED) is 0.646. The van der Waals surface area contributed by atoms with Gasteiger partial charge < -0.3 is 10.8 Å². The maximum atomic E-state index is 11.6. The average molecular weight is 286 g/mol. The zero-order valence-corrected chi connectivity index (χ0v) is 11.1. The summed E-state index contributed by atoms with van der Waals surface area (Å²) in [7, 11) is 0. The number of nitrogens with zero attached hydrogens (tertiary/aromatic N) is 1. The number of benzene rings is 2. The van der Waals surface area contributed by atoms with Crippen LogP contribution < -0.4 is 5.73 Å². The number of non-ortho nitro benzene ring substituents is 1. The van der Waals surface area contributed by atoms with Crippen LogP contribution in [0.25, 0.3) is 0 Å². The number of hydrogen-bond donors (Lipinski definition) is 2. The molecule has 0 radical (unpaired) electrons. The van der Waals surface area contributed by atoms with Crippen LogP contribution in [0.2, 0.25) is 0 Å². The van der Waals surface area contributed by atoms with Gasteiger partial charge in [-0.25, -0.2) is 4.79 Å². The Hall–Kier alpha value is -2.73. The van der Waals surface area contributed by atoms with E-state index in [2.05, 4.69) is 0 Å². The minimum Gasteiger partial charge on any atom is -0.480 e. The number of nitrogens with two attached hydrogens (primary N) is 1. The Bertz CT molecular complexity index is 655. The first-order valence-electron chi connectivity index (χ1n) is 6.24. The summed E-state index contributed by atoms with van der Waals surface area (Å²) in [6, 6.07) is 14.3. The highest BCUT2D eigenvalue weighted by Crippen LogP contribution is 2.25. The summed E-state index contributed by atoms with van der Waals surface area (Å²) in [4.78, 5) is 21.7. The summed E-state index contributed by atoms with van der Waals surface area (Å²) in [5, 5.41) is 20.1. The molecular formula is C15H14N2O4. The lowest BCUT2D eigenvalue weighted by Gasteiger charge is -2.25. The van der Waals surface area contributed by atoms with E-state index in [1.54, 1.807) is 24.3 Å². The van der Waals surface area contributed by atoms with E-state index in [4.69, 9.17) is 5.73 Å². The number of carboxylic acids is 1. The molecule has 0 aromatic heterocycles. The van der Waals surface area contributed by atoms with E-state index >= 15 is 0 Å². The van der Waals surface area contributed by atoms with Crippen LogP contribution in [-0.4, -0.2) is 16.0 Å². The molecule has 0 bridgehead atoms. The number of carbonyl (C=O) groups is 1. The van der Waals surface area contributed by atoms with Gasteiger partial charge in [-0.15, -0.1) is 0 Å². The molecule has 0 aliphatic carbocycles. The van der Waals surface area contributed by atoms with Crippen LogP contribution in [-0.2, 0) is 16.8 Å². The first-order chi connectivity index (χ1) is 9.93. The third-order valence-electron chi connectivity index (χ3n) is 3.30. The molecule has 108 valence electrons. The minimum atomic E-state index is -1.63. The van der Waals surface area contributed by atoms with Crippen LogP contribution in [0.3, 0.4) is 0 Å². The number of aliphatic carboxylic acids is 1. The lowest BCUT2D eigenvalue weighted by atomic mass is 9.84. The highest BCUT2D eigenvalue weighted by atomic mass is 16.6. The number of rotatable bonds is 5.